The SMILES string of the molecule is Cc1ccccc1CNC(=O)Nc1cccc(-n2nnnc2C)c1. The van der Waals surface area contributed by atoms with E-state index in [0.29, 0.717) is 18.1 Å². The first-order valence-electron chi connectivity index (χ1n) is 7.58. The molecular weight excluding hydrogens is 304 g/mol. The molecule has 0 spiro atoms. The molecule has 122 valence electrons. The number of hydrogen-bond donors (Lipinski definition) is 2. The van der Waals surface area contributed by atoms with Crippen LogP contribution in [0.3, 0.4) is 0 Å². The first kappa shape index (κ1) is 15.7. The zero-order valence-corrected chi connectivity index (χ0v) is 13.5. The van der Waals surface area contributed by atoms with Crippen LogP contribution < -0.4 is 10.6 Å². The van der Waals surface area contributed by atoms with E-state index in [0.717, 1.165) is 16.8 Å². The molecule has 0 unspecified atom stereocenters. The predicted octanol–water partition coefficient (Wildman–Crippen LogP) is 2.60. The molecule has 0 fully saturated rings. The summed E-state index contributed by atoms with van der Waals surface area (Å²) in [4.78, 5) is 12.1. The summed E-state index contributed by atoms with van der Waals surface area (Å²) in [5.41, 5.74) is 3.69. The summed E-state index contributed by atoms with van der Waals surface area (Å²) in [5, 5.41) is 17.1. The third kappa shape index (κ3) is 3.57. The highest BCUT2D eigenvalue weighted by Crippen LogP contribution is 2.14. The van der Waals surface area contributed by atoms with Crippen molar-refractivity contribution in [3.8, 4) is 5.69 Å². The summed E-state index contributed by atoms with van der Waals surface area (Å²) in [6.45, 7) is 4.31. The monoisotopic (exact) mass is 322 g/mol. The minimum Gasteiger partial charge on any atom is -0.334 e. The van der Waals surface area contributed by atoms with E-state index >= 15 is 0 Å². The molecule has 2 amide bonds. The summed E-state index contributed by atoms with van der Waals surface area (Å²) in [6, 6.07) is 15.0. The number of carbonyl (C=O) groups excluding carboxylic acids is 1. The van der Waals surface area contributed by atoms with Crippen molar-refractivity contribution in [3.05, 3.63) is 65.5 Å². The van der Waals surface area contributed by atoms with E-state index in [9.17, 15) is 4.79 Å². The normalized spacial score (nSPS) is 10.4. The maximum atomic E-state index is 12.1. The van der Waals surface area contributed by atoms with Crippen LogP contribution in [0.15, 0.2) is 48.5 Å². The summed E-state index contributed by atoms with van der Waals surface area (Å²) < 4.78 is 1.61. The molecule has 0 aliphatic heterocycles. The molecule has 3 rings (SSSR count). The van der Waals surface area contributed by atoms with Crippen molar-refractivity contribution in [2.24, 2.45) is 0 Å². The largest absolute Gasteiger partial charge is 0.334 e. The second-order valence-corrected chi connectivity index (χ2v) is 5.42. The van der Waals surface area contributed by atoms with Gasteiger partial charge in [-0.2, -0.15) is 4.68 Å². The number of hydrogen-bond acceptors (Lipinski definition) is 4. The molecule has 1 heterocycles. The number of nitrogens with zero attached hydrogens (tertiary/aromatic N) is 4. The van der Waals surface area contributed by atoms with E-state index in [4.69, 9.17) is 0 Å². The molecule has 7 heteroatoms. The quantitative estimate of drug-likeness (QED) is 0.773. The number of tetrazole rings is 1. The van der Waals surface area contributed by atoms with Crippen molar-refractivity contribution in [1.82, 2.24) is 25.5 Å². The van der Waals surface area contributed by atoms with Gasteiger partial charge in [0.1, 0.15) is 0 Å². The van der Waals surface area contributed by atoms with Crippen LogP contribution in [0.1, 0.15) is 17.0 Å². The zero-order chi connectivity index (χ0) is 16.9. The first-order valence-corrected chi connectivity index (χ1v) is 7.58. The Morgan fingerprint density at radius 2 is 1.96 bits per heavy atom. The number of rotatable bonds is 4. The molecule has 2 N–H and O–H groups in total. The summed E-state index contributed by atoms with van der Waals surface area (Å²) in [6.07, 6.45) is 0. The van der Waals surface area contributed by atoms with Crippen LogP contribution >= 0.6 is 0 Å². The Morgan fingerprint density at radius 3 is 2.71 bits per heavy atom. The number of anilines is 1. The highest BCUT2D eigenvalue weighted by Gasteiger charge is 2.07. The Hall–Kier alpha value is -3.22. The van der Waals surface area contributed by atoms with Crippen LogP contribution in [-0.2, 0) is 6.54 Å². The van der Waals surface area contributed by atoms with Gasteiger partial charge in [0.25, 0.3) is 0 Å². The highest BCUT2D eigenvalue weighted by atomic mass is 16.2. The van der Waals surface area contributed by atoms with Crippen LogP contribution in [0.25, 0.3) is 5.69 Å². The molecule has 3 aromatic rings. The Bertz CT molecular complexity index is 858. The lowest BCUT2D eigenvalue weighted by Crippen LogP contribution is -2.28. The molecule has 24 heavy (non-hydrogen) atoms. The van der Waals surface area contributed by atoms with Crippen LogP contribution in [0.2, 0.25) is 0 Å². The van der Waals surface area contributed by atoms with Crippen LogP contribution in [0.4, 0.5) is 10.5 Å². The van der Waals surface area contributed by atoms with Crippen molar-refractivity contribution in [2.75, 3.05) is 5.32 Å². The van der Waals surface area contributed by atoms with Gasteiger partial charge in [-0.05, 0) is 53.6 Å². The van der Waals surface area contributed by atoms with Gasteiger partial charge in [0.05, 0.1) is 5.69 Å². The zero-order valence-electron chi connectivity index (χ0n) is 13.5. The van der Waals surface area contributed by atoms with E-state index in [2.05, 4.69) is 26.2 Å². The molecule has 0 aliphatic rings. The van der Waals surface area contributed by atoms with Gasteiger partial charge in [0.15, 0.2) is 5.82 Å². The van der Waals surface area contributed by atoms with Crippen LogP contribution in [0, 0.1) is 13.8 Å². The van der Waals surface area contributed by atoms with Gasteiger partial charge < -0.3 is 10.6 Å². The fourth-order valence-corrected chi connectivity index (χ4v) is 2.34. The minimum absolute atomic E-state index is 0.260. The van der Waals surface area contributed by atoms with Gasteiger partial charge in [-0.1, -0.05) is 30.3 Å². The predicted molar refractivity (Wildman–Crippen MR) is 90.9 cm³/mol. The standard InChI is InChI=1S/C17H18N6O/c1-12-6-3-4-7-14(12)11-18-17(24)19-15-8-5-9-16(10-15)23-13(2)20-21-22-23/h3-10H,11H2,1-2H3,(H2,18,19,24). The Kier molecular flexibility index (Phi) is 4.51. The van der Waals surface area contributed by atoms with Crippen molar-refractivity contribution in [2.45, 2.75) is 20.4 Å². The summed E-state index contributed by atoms with van der Waals surface area (Å²) in [5.74, 6) is 0.677. The Balaban J connectivity index is 1.65. The molecule has 1 aromatic heterocycles. The van der Waals surface area contributed by atoms with E-state index in [-0.39, 0.29) is 6.03 Å². The molecule has 0 radical (unpaired) electrons. The first-order chi connectivity index (χ1) is 11.6. The van der Waals surface area contributed by atoms with Gasteiger partial charge in [-0.15, -0.1) is 5.10 Å². The average molecular weight is 322 g/mol. The van der Waals surface area contributed by atoms with Crippen molar-refractivity contribution < 1.29 is 4.79 Å². The summed E-state index contributed by atoms with van der Waals surface area (Å²) >= 11 is 0. The third-order valence-corrected chi connectivity index (χ3v) is 3.67. The Labute approximate surface area is 139 Å². The fraction of sp³-hybridized carbons (Fsp3) is 0.176. The number of aryl methyl sites for hydroxylation is 2. The molecule has 0 saturated carbocycles. The lowest BCUT2D eigenvalue weighted by molar-refractivity contribution is 0.251. The van der Waals surface area contributed by atoms with Crippen molar-refractivity contribution in [3.63, 3.8) is 0 Å². The van der Waals surface area contributed by atoms with Gasteiger partial charge in [0, 0.05) is 12.2 Å². The van der Waals surface area contributed by atoms with Crippen LogP contribution in [0.5, 0.6) is 0 Å². The highest BCUT2D eigenvalue weighted by molar-refractivity contribution is 5.89. The number of amides is 2. The molecule has 0 aliphatic carbocycles. The molecule has 0 atom stereocenters. The van der Waals surface area contributed by atoms with Gasteiger partial charge in [-0.3, -0.25) is 0 Å². The van der Waals surface area contributed by atoms with E-state index in [1.807, 2.05) is 62.4 Å². The molecular formula is C17H18N6O. The number of urea groups is 1. The number of carbonyl (C=O) groups is 1. The fourth-order valence-electron chi connectivity index (χ4n) is 2.34. The average Bonchev–Trinajstić information content (AvgIpc) is 3.00. The summed E-state index contributed by atoms with van der Waals surface area (Å²) in [7, 11) is 0. The van der Waals surface area contributed by atoms with Gasteiger partial charge >= 0.3 is 6.03 Å². The maximum Gasteiger partial charge on any atom is 0.319 e. The number of nitrogens with one attached hydrogen (secondary N) is 2. The van der Waals surface area contributed by atoms with E-state index in [1.54, 1.807) is 4.68 Å². The molecule has 0 bridgehead atoms. The number of benzene rings is 2. The minimum atomic E-state index is -0.260. The van der Waals surface area contributed by atoms with Gasteiger partial charge in [-0.25, -0.2) is 4.79 Å². The van der Waals surface area contributed by atoms with E-state index in [1.165, 1.54) is 0 Å². The lowest BCUT2D eigenvalue weighted by Gasteiger charge is -2.10. The van der Waals surface area contributed by atoms with Gasteiger partial charge in [0.2, 0.25) is 0 Å². The molecule has 2 aromatic carbocycles. The molecule has 7 nitrogen and oxygen atoms in total. The van der Waals surface area contributed by atoms with Crippen LogP contribution in [-0.4, -0.2) is 26.2 Å². The second kappa shape index (κ2) is 6.91. The van der Waals surface area contributed by atoms with E-state index < -0.39 is 0 Å². The smallest absolute Gasteiger partial charge is 0.319 e. The maximum absolute atomic E-state index is 12.1. The second-order valence-electron chi connectivity index (χ2n) is 5.42. The van der Waals surface area contributed by atoms with Crippen molar-refractivity contribution >= 4 is 11.7 Å². The number of aromatic nitrogens is 4. The topological polar surface area (TPSA) is 84.7 Å². The van der Waals surface area contributed by atoms with Crippen molar-refractivity contribution in [1.29, 1.82) is 0 Å². The molecule has 0 saturated heterocycles. The Morgan fingerprint density at radius 1 is 1.12 bits per heavy atom. The third-order valence-electron chi connectivity index (χ3n) is 3.67. The lowest BCUT2D eigenvalue weighted by atomic mass is 10.1.